The van der Waals surface area contributed by atoms with Gasteiger partial charge < -0.3 is 5.73 Å². The number of primary amides is 1. The fourth-order valence-corrected chi connectivity index (χ4v) is 0.864. The Labute approximate surface area is 66.0 Å². The third kappa shape index (κ3) is 4.75. The summed E-state index contributed by atoms with van der Waals surface area (Å²) in [6, 6.07) is 0. The predicted molar refractivity (Wildman–Crippen MR) is 40.5 cm³/mol. The number of nitrogens with two attached hydrogens (primary N) is 1. The minimum absolute atomic E-state index is 0.0370. The van der Waals surface area contributed by atoms with Crippen LogP contribution < -0.4 is 11.2 Å². The molecule has 4 nitrogen and oxygen atoms in total. The van der Waals surface area contributed by atoms with Crippen molar-refractivity contribution in [3.63, 3.8) is 0 Å². The number of amides is 1. The Balaban J connectivity index is 1.76. The smallest absolute Gasteiger partial charge is 0.245 e. The Morgan fingerprint density at radius 3 is 2.91 bits per heavy atom. The summed E-state index contributed by atoms with van der Waals surface area (Å²) in [4.78, 5) is 14.9. The largest absolute Gasteiger partial charge is 0.368 e. The molecule has 1 aliphatic carbocycles. The van der Waals surface area contributed by atoms with Gasteiger partial charge in [-0.25, -0.2) is 5.48 Å². The summed E-state index contributed by atoms with van der Waals surface area (Å²) < 4.78 is 0. The first-order valence-electron chi connectivity index (χ1n) is 3.92. The molecule has 0 spiro atoms. The molecule has 0 aromatic rings. The Bertz CT molecular complexity index is 134. The van der Waals surface area contributed by atoms with Gasteiger partial charge in [0, 0.05) is 6.54 Å². The van der Waals surface area contributed by atoms with Crippen LogP contribution in [-0.2, 0) is 9.63 Å². The molecule has 0 bridgehead atoms. The van der Waals surface area contributed by atoms with Crippen LogP contribution in [0.3, 0.4) is 0 Å². The standard InChI is InChI=1S/C7H14N2O2/c8-7(10)5-11-9-4-3-6-1-2-6/h6,9H,1-5H2,(H2,8,10). The molecule has 11 heavy (non-hydrogen) atoms. The van der Waals surface area contributed by atoms with Gasteiger partial charge in [-0.05, 0) is 12.3 Å². The number of hydrogen-bond donors (Lipinski definition) is 2. The number of carbonyl (C=O) groups is 1. The molecule has 4 heteroatoms. The van der Waals surface area contributed by atoms with Crippen molar-refractivity contribution in [3.8, 4) is 0 Å². The van der Waals surface area contributed by atoms with Crippen LogP contribution in [0, 0.1) is 5.92 Å². The average molecular weight is 158 g/mol. The molecular formula is C7H14N2O2. The third-order valence-electron chi connectivity index (χ3n) is 1.67. The predicted octanol–water partition coefficient (Wildman–Crippen LogP) is -0.207. The van der Waals surface area contributed by atoms with Crippen LogP contribution in [0.4, 0.5) is 0 Å². The highest BCUT2D eigenvalue weighted by molar-refractivity contribution is 5.74. The maximum Gasteiger partial charge on any atom is 0.245 e. The van der Waals surface area contributed by atoms with E-state index in [4.69, 9.17) is 10.6 Å². The summed E-state index contributed by atoms with van der Waals surface area (Å²) in [5.41, 5.74) is 7.53. The Morgan fingerprint density at radius 2 is 2.36 bits per heavy atom. The fourth-order valence-electron chi connectivity index (χ4n) is 0.864. The third-order valence-corrected chi connectivity index (χ3v) is 1.67. The van der Waals surface area contributed by atoms with Crippen LogP contribution in [0.25, 0.3) is 0 Å². The lowest BCUT2D eigenvalue weighted by molar-refractivity contribution is -0.125. The number of hydrogen-bond acceptors (Lipinski definition) is 3. The lowest BCUT2D eigenvalue weighted by Gasteiger charge is -2.01. The average Bonchev–Trinajstić information content (AvgIpc) is 2.70. The molecule has 64 valence electrons. The molecule has 3 N–H and O–H groups in total. The summed E-state index contributed by atoms with van der Waals surface area (Å²) in [5.74, 6) is 0.448. The van der Waals surface area contributed by atoms with Gasteiger partial charge in [0.15, 0.2) is 0 Å². The molecule has 1 rings (SSSR count). The second-order valence-electron chi connectivity index (χ2n) is 2.88. The van der Waals surface area contributed by atoms with Crippen molar-refractivity contribution >= 4 is 5.91 Å². The first-order chi connectivity index (χ1) is 5.29. The number of nitrogens with one attached hydrogen (secondary N) is 1. The summed E-state index contributed by atoms with van der Waals surface area (Å²) in [7, 11) is 0. The minimum Gasteiger partial charge on any atom is -0.368 e. The van der Waals surface area contributed by atoms with E-state index in [1.54, 1.807) is 0 Å². The molecule has 0 saturated heterocycles. The van der Waals surface area contributed by atoms with E-state index in [2.05, 4.69) is 5.48 Å². The second-order valence-corrected chi connectivity index (χ2v) is 2.88. The molecule has 1 aliphatic rings. The number of carbonyl (C=O) groups excluding carboxylic acids is 1. The van der Waals surface area contributed by atoms with Crippen molar-refractivity contribution in [2.45, 2.75) is 19.3 Å². The van der Waals surface area contributed by atoms with Crippen molar-refractivity contribution in [1.82, 2.24) is 5.48 Å². The number of hydroxylamine groups is 1. The molecule has 0 aromatic carbocycles. The van der Waals surface area contributed by atoms with Gasteiger partial charge >= 0.3 is 0 Å². The zero-order valence-corrected chi connectivity index (χ0v) is 6.51. The van der Waals surface area contributed by atoms with E-state index >= 15 is 0 Å². The maximum absolute atomic E-state index is 10.2. The van der Waals surface area contributed by atoms with Crippen LogP contribution in [0.2, 0.25) is 0 Å². The van der Waals surface area contributed by atoms with E-state index in [9.17, 15) is 4.79 Å². The first-order valence-corrected chi connectivity index (χ1v) is 3.92. The van der Waals surface area contributed by atoms with Crippen molar-refractivity contribution in [2.75, 3.05) is 13.2 Å². The second kappa shape index (κ2) is 4.31. The molecule has 0 heterocycles. The van der Waals surface area contributed by atoms with Crippen molar-refractivity contribution in [2.24, 2.45) is 11.7 Å². The van der Waals surface area contributed by atoms with E-state index in [0.29, 0.717) is 0 Å². The SMILES string of the molecule is NC(=O)CONCCC1CC1. The summed E-state index contributed by atoms with van der Waals surface area (Å²) >= 11 is 0. The Morgan fingerprint density at radius 1 is 1.64 bits per heavy atom. The van der Waals surface area contributed by atoms with E-state index < -0.39 is 5.91 Å². The number of rotatable bonds is 6. The van der Waals surface area contributed by atoms with Crippen LogP contribution in [0.15, 0.2) is 0 Å². The fraction of sp³-hybridized carbons (Fsp3) is 0.857. The van der Waals surface area contributed by atoms with Gasteiger partial charge in [0.2, 0.25) is 5.91 Å². The highest BCUT2D eigenvalue weighted by Crippen LogP contribution is 2.31. The van der Waals surface area contributed by atoms with Gasteiger partial charge in [0.05, 0.1) is 0 Å². The summed E-state index contributed by atoms with van der Waals surface area (Å²) in [5, 5.41) is 0. The molecule has 1 amide bonds. The van der Waals surface area contributed by atoms with E-state index in [0.717, 1.165) is 18.9 Å². The van der Waals surface area contributed by atoms with Gasteiger partial charge in [0.1, 0.15) is 6.61 Å². The summed E-state index contributed by atoms with van der Waals surface area (Å²) in [6.45, 7) is 0.780. The van der Waals surface area contributed by atoms with Crippen molar-refractivity contribution in [3.05, 3.63) is 0 Å². The van der Waals surface area contributed by atoms with Crippen LogP contribution in [-0.4, -0.2) is 19.1 Å². The van der Waals surface area contributed by atoms with Gasteiger partial charge in [-0.15, -0.1) is 0 Å². The van der Waals surface area contributed by atoms with Gasteiger partial charge in [0.25, 0.3) is 0 Å². The molecule has 0 aliphatic heterocycles. The van der Waals surface area contributed by atoms with Gasteiger partial charge in [-0.2, -0.15) is 0 Å². The lowest BCUT2D eigenvalue weighted by Crippen LogP contribution is -2.25. The normalized spacial score (nSPS) is 16.7. The van der Waals surface area contributed by atoms with Crippen LogP contribution in [0.1, 0.15) is 19.3 Å². The Hall–Kier alpha value is -0.610. The highest BCUT2D eigenvalue weighted by Gasteiger charge is 2.19. The van der Waals surface area contributed by atoms with E-state index in [1.807, 2.05) is 0 Å². The van der Waals surface area contributed by atoms with E-state index in [1.165, 1.54) is 12.8 Å². The van der Waals surface area contributed by atoms with Crippen molar-refractivity contribution < 1.29 is 9.63 Å². The zero-order valence-electron chi connectivity index (χ0n) is 6.51. The molecule has 0 radical (unpaired) electrons. The van der Waals surface area contributed by atoms with Crippen LogP contribution >= 0.6 is 0 Å². The summed E-state index contributed by atoms with van der Waals surface area (Å²) in [6.07, 6.45) is 3.83. The maximum atomic E-state index is 10.2. The monoisotopic (exact) mass is 158 g/mol. The zero-order chi connectivity index (χ0) is 8.10. The lowest BCUT2D eigenvalue weighted by atomic mass is 10.3. The highest BCUT2D eigenvalue weighted by atomic mass is 16.6. The van der Waals surface area contributed by atoms with Gasteiger partial charge in [-0.1, -0.05) is 12.8 Å². The molecular weight excluding hydrogens is 144 g/mol. The molecule has 1 fully saturated rings. The quantitative estimate of drug-likeness (QED) is 0.415. The molecule has 1 saturated carbocycles. The molecule has 0 aromatic heterocycles. The molecule has 0 atom stereocenters. The first kappa shape index (κ1) is 8.49. The van der Waals surface area contributed by atoms with Crippen LogP contribution in [0.5, 0.6) is 0 Å². The molecule has 0 unspecified atom stereocenters. The van der Waals surface area contributed by atoms with Crippen molar-refractivity contribution in [1.29, 1.82) is 0 Å². The van der Waals surface area contributed by atoms with E-state index in [-0.39, 0.29) is 6.61 Å². The van der Waals surface area contributed by atoms with Gasteiger partial charge in [-0.3, -0.25) is 9.63 Å². The Kier molecular flexibility index (Phi) is 3.32. The minimum atomic E-state index is -0.441. The topological polar surface area (TPSA) is 64.4 Å².